The van der Waals surface area contributed by atoms with Crippen LogP contribution >= 0.6 is 0 Å². The van der Waals surface area contributed by atoms with Crippen LogP contribution in [-0.4, -0.2) is 61.2 Å². The summed E-state index contributed by atoms with van der Waals surface area (Å²) in [6.45, 7) is 16.4. The van der Waals surface area contributed by atoms with Crippen molar-refractivity contribution in [3.8, 4) is 0 Å². The van der Waals surface area contributed by atoms with Gasteiger partial charge >= 0.3 is 0 Å². The van der Waals surface area contributed by atoms with Gasteiger partial charge in [0.2, 0.25) is 0 Å². The first-order valence-electron chi connectivity index (χ1n) is 8.40. The summed E-state index contributed by atoms with van der Waals surface area (Å²) in [5.41, 5.74) is 0. The summed E-state index contributed by atoms with van der Waals surface area (Å²) in [6, 6.07) is 1.57. The standard InChI is InChI=1S/C16H35N3/c1-5-18(6-2)13-8-14-19(7-3)15(4)11-12-17-16-9-10-16/h15-17H,5-14H2,1-4H3. The summed E-state index contributed by atoms with van der Waals surface area (Å²) in [6.07, 6.45) is 5.39. The van der Waals surface area contributed by atoms with Crippen LogP contribution in [0.1, 0.15) is 53.4 Å². The Hall–Kier alpha value is -0.120. The van der Waals surface area contributed by atoms with E-state index in [1.807, 2.05) is 0 Å². The molecule has 19 heavy (non-hydrogen) atoms. The summed E-state index contributed by atoms with van der Waals surface area (Å²) >= 11 is 0. The van der Waals surface area contributed by atoms with E-state index in [2.05, 4.69) is 42.8 Å². The number of hydrogen-bond acceptors (Lipinski definition) is 3. The Morgan fingerprint density at radius 1 is 1.05 bits per heavy atom. The lowest BCUT2D eigenvalue weighted by molar-refractivity contribution is 0.191. The maximum atomic E-state index is 3.62. The molecule has 0 heterocycles. The molecule has 0 amide bonds. The van der Waals surface area contributed by atoms with Crippen LogP contribution in [0, 0.1) is 0 Å². The SMILES string of the molecule is CCN(CC)CCCN(CC)C(C)CCNC1CC1. The second-order valence-electron chi connectivity index (χ2n) is 5.88. The van der Waals surface area contributed by atoms with E-state index >= 15 is 0 Å². The lowest BCUT2D eigenvalue weighted by atomic mass is 10.2. The van der Waals surface area contributed by atoms with Crippen LogP contribution in [0.5, 0.6) is 0 Å². The maximum Gasteiger partial charge on any atom is 0.00789 e. The maximum absolute atomic E-state index is 3.62. The van der Waals surface area contributed by atoms with E-state index in [9.17, 15) is 0 Å². The summed E-state index contributed by atoms with van der Waals surface area (Å²) in [5, 5.41) is 3.62. The molecule has 0 spiro atoms. The summed E-state index contributed by atoms with van der Waals surface area (Å²) in [7, 11) is 0. The summed E-state index contributed by atoms with van der Waals surface area (Å²) in [5.74, 6) is 0. The minimum Gasteiger partial charge on any atom is -0.314 e. The highest BCUT2D eigenvalue weighted by molar-refractivity contribution is 4.81. The zero-order valence-electron chi connectivity index (χ0n) is 13.6. The van der Waals surface area contributed by atoms with Crippen LogP contribution in [0.25, 0.3) is 0 Å². The number of nitrogens with zero attached hydrogens (tertiary/aromatic N) is 2. The Bertz CT molecular complexity index is 212. The monoisotopic (exact) mass is 269 g/mol. The van der Waals surface area contributed by atoms with Gasteiger partial charge in [-0.25, -0.2) is 0 Å². The molecule has 1 aliphatic carbocycles. The summed E-state index contributed by atoms with van der Waals surface area (Å²) in [4.78, 5) is 5.16. The number of nitrogens with one attached hydrogen (secondary N) is 1. The minimum atomic E-state index is 0.716. The predicted molar refractivity (Wildman–Crippen MR) is 84.8 cm³/mol. The van der Waals surface area contributed by atoms with Crippen molar-refractivity contribution in [2.45, 2.75) is 65.5 Å². The average Bonchev–Trinajstić information content (AvgIpc) is 3.23. The van der Waals surface area contributed by atoms with E-state index in [0.29, 0.717) is 6.04 Å². The van der Waals surface area contributed by atoms with Crippen LogP contribution < -0.4 is 5.32 Å². The fraction of sp³-hybridized carbons (Fsp3) is 1.00. The number of hydrogen-bond donors (Lipinski definition) is 1. The van der Waals surface area contributed by atoms with Gasteiger partial charge in [-0.1, -0.05) is 20.8 Å². The Labute approximate surface area is 120 Å². The molecular weight excluding hydrogens is 234 g/mol. The normalized spacial score (nSPS) is 17.4. The zero-order valence-corrected chi connectivity index (χ0v) is 13.6. The predicted octanol–water partition coefficient (Wildman–Crippen LogP) is 2.57. The molecule has 0 aliphatic heterocycles. The van der Waals surface area contributed by atoms with Crippen LogP contribution in [0.2, 0.25) is 0 Å². The molecule has 114 valence electrons. The van der Waals surface area contributed by atoms with Crippen LogP contribution in [0.15, 0.2) is 0 Å². The smallest absolute Gasteiger partial charge is 0.00789 e. The van der Waals surface area contributed by atoms with Gasteiger partial charge in [0.1, 0.15) is 0 Å². The van der Waals surface area contributed by atoms with Crippen molar-refractivity contribution in [3.05, 3.63) is 0 Å². The molecule has 0 saturated heterocycles. The Balaban J connectivity index is 2.11. The molecule has 0 radical (unpaired) electrons. The topological polar surface area (TPSA) is 18.5 Å². The van der Waals surface area contributed by atoms with Gasteiger partial charge < -0.3 is 15.1 Å². The molecule has 3 heteroatoms. The van der Waals surface area contributed by atoms with E-state index in [1.54, 1.807) is 0 Å². The lowest BCUT2D eigenvalue weighted by Gasteiger charge is -2.29. The third-order valence-electron chi connectivity index (χ3n) is 4.42. The second kappa shape index (κ2) is 9.73. The van der Waals surface area contributed by atoms with Crippen molar-refractivity contribution >= 4 is 0 Å². The molecule has 1 saturated carbocycles. The fourth-order valence-corrected chi connectivity index (χ4v) is 2.69. The largest absolute Gasteiger partial charge is 0.314 e. The van der Waals surface area contributed by atoms with E-state index in [1.165, 1.54) is 65.0 Å². The molecule has 1 atom stereocenters. The molecule has 1 aliphatic rings. The van der Waals surface area contributed by atoms with Gasteiger partial charge in [-0.2, -0.15) is 0 Å². The number of rotatable bonds is 12. The van der Waals surface area contributed by atoms with Crippen molar-refractivity contribution < 1.29 is 0 Å². The van der Waals surface area contributed by atoms with Crippen molar-refractivity contribution in [1.82, 2.24) is 15.1 Å². The van der Waals surface area contributed by atoms with Gasteiger partial charge in [0.05, 0.1) is 0 Å². The zero-order chi connectivity index (χ0) is 14.1. The lowest BCUT2D eigenvalue weighted by Crippen LogP contribution is -2.37. The molecule has 1 rings (SSSR count). The van der Waals surface area contributed by atoms with Gasteiger partial charge in [0.15, 0.2) is 0 Å². The quantitative estimate of drug-likeness (QED) is 0.587. The van der Waals surface area contributed by atoms with Crippen LogP contribution in [0.4, 0.5) is 0 Å². The molecule has 1 N–H and O–H groups in total. The highest BCUT2D eigenvalue weighted by atomic mass is 15.2. The van der Waals surface area contributed by atoms with Crippen LogP contribution in [0.3, 0.4) is 0 Å². The molecule has 3 nitrogen and oxygen atoms in total. The van der Waals surface area contributed by atoms with Gasteiger partial charge in [-0.3, -0.25) is 0 Å². The van der Waals surface area contributed by atoms with Crippen LogP contribution in [-0.2, 0) is 0 Å². The average molecular weight is 269 g/mol. The molecule has 0 aromatic rings. The third-order valence-corrected chi connectivity index (χ3v) is 4.42. The third kappa shape index (κ3) is 7.28. The Morgan fingerprint density at radius 3 is 2.26 bits per heavy atom. The molecule has 0 aromatic heterocycles. The van der Waals surface area contributed by atoms with Gasteiger partial charge in [-0.15, -0.1) is 0 Å². The van der Waals surface area contributed by atoms with Gasteiger partial charge in [0, 0.05) is 12.1 Å². The van der Waals surface area contributed by atoms with E-state index in [4.69, 9.17) is 0 Å². The molecule has 0 bridgehead atoms. The van der Waals surface area contributed by atoms with Crippen molar-refractivity contribution in [1.29, 1.82) is 0 Å². The first-order valence-corrected chi connectivity index (χ1v) is 8.40. The molecular formula is C16H35N3. The van der Waals surface area contributed by atoms with Gasteiger partial charge in [0.25, 0.3) is 0 Å². The molecule has 0 aromatic carbocycles. The van der Waals surface area contributed by atoms with E-state index < -0.39 is 0 Å². The Kier molecular flexibility index (Phi) is 8.67. The highest BCUT2D eigenvalue weighted by Gasteiger charge is 2.20. The first-order chi connectivity index (χ1) is 9.21. The van der Waals surface area contributed by atoms with E-state index in [0.717, 1.165) is 6.04 Å². The molecule has 1 unspecified atom stereocenters. The minimum absolute atomic E-state index is 0.716. The second-order valence-corrected chi connectivity index (χ2v) is 5.88. The van der Waals surface area contributed by atoms with E-state index in [-0.39, 0.29) is 0 Å². The van der Waals surface area contributed by atoms with Crippen molar-refractivity contribution in [2.24, 2.45) is 0 Å². The fourth-order valence-electron chi connectivity index (χ4n) is 2.69. The molecule has 1 fully saturated rings. The summed E-state index contributed by atoms with van der Waals surface area (Å²) < 4.78 is 0. The van der Waals surface area contributed by atoms with Crippen molar-refractivity contribution in [2.75, 3.05) is 39.3 Å². The van der Waals surface area contributed by atoms with Gasteiger partial charge in [-0.05, 0) is 71.9 Å². The van der Waals surface area contributed by atoms with Crippen molar-refractivity contribution in [3.63, 3.8) is 0 Å². The Morgan fingerprint density at radius 2 is 1.74 bits per heavy atom. The highest BCUT2D eigenvalue weighted by Crippen LogP contribution is 2.18. The first kappa shape index (κ1) is 16.9.